The third kappa shape index (κ3) is 4.04. The molecule has 5 rings (SSSR count). The van der Waals surface area contributed by atoms with Crippen molar-refractivity contribution in [1.82, 2.24) is 19.8 Å². The minimum absolute atomic E-state index is 0.0133. The molecular formula is C23H26N6O3S. The molecule has 1 saturated heterocycles. The van der Waals surface area contributed by atoms with E-state index in [1.54, 1.807) is 11.3 Å². The third-order valence-electron chi connectivity index (χ3n) is 6.51. The smallest absolute Gasteiger partial charge is 0.269 e. The average Bonchev–Trinajstić information content (AvgIpc) is 3.20. The molecule has 1 aromatic carbocycles. The largest absolute Gasteiger partial charge is 0.352 e. The summed E-state index contributed by atoms with van der Waals surface area (Å²) >= 11 is 1.79. The lowest BCUT2D eigenvalue weighted by Crippen LogP contribution is -2.49. The van der Waals surface area contributed by atoms with Crippen molar-refractivity contribution in [2.24, 2.45) is 0 Å². The van der Waals surface area contributed by atoms with Gasteiger partial charge in [-0.15, -0.1) is 11.3 Å². The van der Waals surface area contributed by atoms with Gasteiger partial charge in [-0.05, 0) is 37.6 Å². The fraction of sp³-hybridized carbons (Fsp3) is 0.435. The zero-order valence-corrected chi connectivity index (χ0v) is 19.6. The van der Waals surface area contributed by atoms with Crippen molar-refractivity contribution in [2.75, 3.05) is 44.2 Å². The molecule has 0 atom stereocenters. The molecule has 0 aliphatic carbocycles. The van der Waals surface area contributed by atoms with Gasteiger partial charge in [0.05, 0.1) is 10.3 Å². The Labute approximate surface area is 195 Å². The second kappa shape index (κ2) is 8.68. The molecule has 2 aliphatic rings. The van der Waals surface area contributed by atoms with Crippen LogP contribution in [0.1, 0.15) is 33.5 Å². The first-order chi connectivity index (χ1) is 15.9. The van der Waals surface area contributed by atoms with Gasteiger partial charge in [0.2, 0.25) is 0 Å². The quantitative estimate of drug-likeness (QED) is 0.430. The van der Waals surface area contributed by atoms with Crippen molar-refractivity contribution in [3.8, 4) is 0 Å². The van der Waals surface area contributed by atoms with Crippen LogP contribution >= 0.6 is 11.3 Å². The monoisotopic (exact) mass is 466 g/mol. The highest BCUT2D eigenvalue weighted by Gasteiger charge is 2.28. The molecule has 172 valence electrons. The number of nitrogens with zero attached hydrogens (tertiary/aromatic N) is 6. The number of anilines is 1. The highest BCUT2D eigenvalue weighted by Crippen LogP contribution is 2.39. The standard InChI is InChI=1S/C23H26N6O3S/c1-3-26-9-8-18-19(14-26)33-22-20(18)21(24-15(2)25-22)27-10-12-28(13-11-27)23(30)16-4-6-17(7-5-16)29(31)32/h4-7H,3,8-14H2,1-2H3. The van der Waals surface area contributed by atoms with Crippen LogP contribution in [0.5, 0.6) is 0 Å². The Morgan fingerprint density at radius 3 is 2.52 bits per heavy atom. The first-order valence-electron chi connectivity index (χ1n) is 11.2. The van der Waals surface area contributed by atoms with Crippen molar-refractivity contribution >= 4 is 39.0 Å². The summed E-state index contributed by atoms with van der Waals surface area (Å²) in [5.74, 6) is 1.66. The molecule has 2 aromatic heterocycles. The van der Waals surface area contributed by atoms with E-state index in [1.807, 2.05) is 11.8 Å². The van der Waals surface area contributed by atoms with Crippen LogP contribution in [0, 0.1) is 17.0 Å². The second-order valence-corrected chi connectivity index (χ2v) is 9.56. The average molecular weight is 467 g/mol. The van der Waals surface area contributed by atoms with Crippen LogP contribution < -0.4 is 4.90 Å². The molecule has 9 nitrogen and oxygen atoms in total. The zero-order chi connectivity index (χ0) is 23.1. The van der Waals surface area contributed by atoms with Crippen LogP contribution in [0.25, 0.3) is 10.2 Å². The number of hydrogen-bond acceptors (Lipinski definition) is 8. The van der Waals surface area contributed by atoms with Gasteiger partial charge >= 0.3 is 0 Å². The van der Waals surface area contributed by atoms with E-state index >= 15 is 0 Å². The van der Waals surface area contributed by atoms with E-state index in [0.717, 1.165) is 42.5 Å². The molecule has 33 heavy (non-hydrogen) atoms. The molecule has 0 spiro atoms. The molecule has 0 bridgehead atoms. The van der Waals surface area contributed by atoms with E-state index in [0.29, 0.717) is 31.7 Å². The number of benzene rings is 1. The normalized spacial score (nSPS) is 16.8. The predicted octanol–water partition coefficient (Wildman–Crippen LogP) is 3.25. The SMILES string of the molecule is CCN1CCc2c(sc3nc(C)nc(N4CCN(C(=O)c5ccc([N+](=O)[O-])cc5)CC4)c23)C1. The van der Waals surface area contributed by atoms with Crippen LogP contribution in [0.4, 0.5) is 11.5 Å². The summed E-state index contributed by atoms with van der Waals surface area (Å²) in [7, 11) is 0. The first-order valence-corrected chi connectivity index (χ1v) is 12.1. The maximum Gasteiger partial charge on any atom is 0.269 e. The van der Waals surface area contributed by atoms with Gasteiger partial charge in [0.25, 0.3) is 11.6 Å². The lowest BCUT2D eigenvalue weighted by Gasteiger charge is -2.36. The number of nitro groups is 1. The third-order valence-corrected chi connectivity index (χ3v) is 7.62. The number of carbonyl (C=O) groups is 1. The minimum Gasteiger partial charge on any atom is -0.352 e. The summed E-state index contributed by atoms with van der Waals surface area (Å²) in [5, 5.41) is 12.1. The van der Waals surface area contributed by atoms with Gasteiger partial charge in [-0.3, -0.25) is 19.8 Å². The first kappa shape index (κ1) is 21.7. The van der Waals surface area contributed by atoms with E-state index in [4.69, 9.17) is 9.97 Å². The molecule has 1 fully saturated rings. The molecule has 1 amide bonds. The number of amides is 1. The number of hydrogen-bond donors (Lipinski definition) is 0. The number of thiophene rings is 1. The summed E-state index contributed by atoms with van der Waals surface area (Å²) in [5.41, 5.74) is 1.85. The van der Waals surface area contributed by atoms with Gasteiger partial charge in [-0.2, -0.15) is 0 Å². The number of piperazine rings is 1. The lowest BCUT2D eigenvalue weighted by atomic mass is 10.0. The minimum atomic E-state index is -0.458. The number of carbonyl (C=O) groups excluding carboxylic acids is 1. The Kier molecular flexibility index (Phi) is 5.71. The second-order valence-electron chi connectivity index (χ2n) is 8.48. The van der Waals surface area contributed by atoms with Crippen molar-refractivity contribution in [2.45, 2.75) is 26.8 Å². The molecular weight excluding hydrogens is 440 g/mol. The van der Waals surface area contributed by atoms with Crippen LogP contribution in [-0.2, 0) is 13.0 Å². The molecule has 0 radical (unpaired) electrons. The molecule has 0 N–H and O–H groups in total. The summed E-state index contributed by atoms with van der Waals surface area (Å²) in [6.45, 7) is 9.76. The zero-order valence-electron chi connectivity index (χ0n) is 18.8. The fourth-order valence-electron chi connectivity index (χ4n) is 4.66. The number of aromatic nitrogens is 2. The van der Waals surface area contributed by atoms with E-state index in [1.165, 1.54) is 40.1 Å². The molecule has 4 heterocycles. The number of non-ortho nitro benzene ring substituents is 1. The molecule has 0 saturated carbocycles. The summed E-state index contributed by atoms with van der Waals surface area (Å²) in [4.78, 5) is 41.9. The fourth-order valence-corrected chi connectivity index (χ4v) is 5.96. The lowest BCUT2D eigenvalue weighted by molar-refractivity contribution is -0.384. The van der Waals surface area contributed by atoms with E-state index in [2.05, 4.69) is 16.7 Å². The number of fused-ring (bicyclic) bond motifs is 3. The van der Waals surface area contributed by atoms with Crippen LogP contribution in [0.15, 0.2) is 24.3 Å². The molecule has 3 aromatic rings. The predicted molar refractivity (Wildman–Crippen MR) is 128 cm³/mol. The summed E-state index contributed by atoms with van der Waals surface area (Å²) < 4.78 is 0. The molecule has 0 unspecified atom stereocenters. The highest BCUT2D eigenvalue weighted by atomic mass is 32.1. The van der Waals surface area contributed by atoms with E-state index < -0.39 is 4.92 Å². The van der Waals surface area contributed by atoms with Crippen LogP contribution in [-0.4, -0.2) is 69.9 Å². The maximum atomic E-state index is 12.9. The highest BCUT2D eigenvalue weighted by molar-refractivity contribution is 7.19. The Morgan fingerprint density at radius 1 is 1.12 bits per heavy atom. The number of rotatable bonds is 4. The van der Waals surface area contributed by atoms with Gasteiger partial charge in [0.15, 0.2) is 0 Å². The van der Waals surface area contributed by atoms with Crippen LogP contribution in [0.2, 0.25) is 0 Å². The van der Waals surface area contributed by atoms with Crippen molar-refractivity contribution in [3.63, 3.8) is 0 Å². The van der Waals surface area contributed by atoms with E-state index in [-0.39, 0.29) is 11.6 Å². The van der Waals surface area contributed by atoms with Crippen LogP contribution in [0.3, 0.4) is 0 Å². The van der Waals surface area contributed by atoms with Gasteiger partial charge in [0, 0.05) is 61.8 Å². The Hall–Kier alpha value is -3.11. The van der Waals surface area contributed by atoms with Crippen molar-refractivity contribution in [1.29, 1.82) is 0 Å². The van der Waals surface area contributed by atoms with Crippen molar-refractivity contribution < 1.29 is 9.72 Å². The van der Waals surface area contributed by atoms with Gasteiger partial charge in [-0.25, -0.2) is 9.97 Å². The molecule has 2 aliphatic heterocycles. The Morgan fingerprint density at radius 2 is 1.85 bits per heavy atom. The number of nitro benzene ring substituents is 1. The number of aryl methyl sites for hydroxylation is 1. The maximum absolute atomic E-state index is 12.9. The van der Waals surface area contributed by atoms with E-state index in [9.17, 15) is 14.9 Å². The summed E-state index contributed by atoms with van der Waals surface area (Å²) in [6, 6.07) is 5.81. The molecule has 10 heteroatoms. The number of likely N-dealkylation sites (N-methyl/N-ethyl adjacent to an activating group) is 1. The van der Waals surface area contributed by atoms with Gasteiger partial charge in [-0.1, -0.05) is 6.92 Å². The van der Waals surface area contributed by atoms with Gasteiger partial charge in [0.1, 0.15) is 16.5 Å². The Balaban J connectivity index is 1.36. The topological polar surface area (TPSA) is 95.7 Å². The van der Waals surface area contributed by atoms with Crippen molar-refractivity contribution in [3.05, 3.63) is 56.2 Å². The van der Waals surface area contributed by atoms with Gasteiger partial charge < -0.3 is 9.80 Å². The Bertz CT molecular complexity index is 1220. The summed E-state index contributed by atoms with van der Waals surface area (Å²) in [6.07, 6.45) is 1.02.